The molecule has 2 aromatic rings. The number of rotatable bonds is 5. The van der Waals surface area contributed by atoms with E-state index < -0.39 is 30.5 Å². The molecule has 1 atom stereocenters. The Labute approximate surface area is 134 Å². The number of aryl methyl sites for hydroxylation is 1. The highest BCUT2D eigenvalue weighted by Gasteiger charge is 2.36. The number of carboxylic acids is 1. The fourth-order valence-corrected chi connectivity index (χ4v) is 2.21. The number of carbonyl (C=O) groups excluding carboxylic acids is 1. The third-order valence-electron chi connectivity index (χ3n) is 3.27. The van der Waals surface area contributed by atoms with Gasteiger partial charge in [0, 0.05) is 12.6 Å². The van der Waals surface area contributed by atoms with Crippen molar-refractivity contribution in [3.63, 3.8) is 0 Å². The monoisotopic (exact) mass is 341 g/mol. The van der Waals surface area contributed by atoms with Crippen molar-refractivity contribution in [2.24, 2.45) is 7.05 Å². The highest BCUT2D eigenvalue weighted by molar-refractivity contribution is 6.01. The fraction of sp³-hybridized carbons (Fsp3) is 0.267. The van der Waals surface area contributed by atoms with Crippen LogP contribution in [-0.4, -0.2) is 39.0 Å². The van der Waals surface area contributed by atoms with E-state index in [1.165, 1.54) is 10.9 Å². The Kier molecular flexibility index (Phi) is 4.91. The second-order valence-electron chi connectivity index (χ2n) is 5.08. The lowest BCUT2D eigenvalue weighted by atomic mass is 10.1. The van der Waals surface area contributed by atoms with Gasteiger partial charge in [-0.1, -0.05) is 30.3 Å². The van der Waals surface area contributed by atoms with Gasteiger partial charge in [0.15, 0.2) is 0 Å². The van der Waals surface area contributed by atoms with Crippen molar-refractivity contribution in [2.75, 3.05) is 0 Å². The molecule has 1 aromatic heterocycles. The van der Waals surface area contributed by atoms with Gasteiger partial charge in [-0.05, 0) is 0 Å². The maximum absolute atomic E-state index is 12.4. The number of hydrogen-bond donors (Lipinski definition) is 2. The van der Waals surface area contributed by atoms with Gasteiger partial charge in [0.25, 0.3) is 5.91 Å². The number of alkyl halides is 3. The van der Waals surface area contributed by atoms with Crippen molar-refractivity contribution in [3.8, 4) is 11.3 Å². The third kappa shape index (κ3) is 4.12. The molecule has 0 aliphatic carbocycles. The van der Waals surface area contributed by atoms with Gasteiger partial charge in [0.05, 0.1) is 23.9 Å². The molecule has 0 aliphatic heterocycles. The molecule has 128 valence electrons. The molecule has 0 saturated carbocycles. The summed E-state index contributed by atoms with van der Waals surface area (Å²) in [5, 5.41) is 14.7. The normalized spacial score (nSPS) is 12.7. The third-order valence-corrected chi connectivity index (χ3v) is 3.27. The smallest absolute Gasteiger partial charge is 0.391 e. The molecular weight excluding hydrogens is 327 g/mol. The molecule has 2 N–H and O–H groups in total. The zero-order chi connectivity index (χ0) is 17.9. The predicted molar refractivity (Wildman–Crippen MR) is 78.2 cm³/mol. The molecule has 0 fully saturated rings. The lowest BCUT2D eigenvalue weighted by molar-refractivity contribution is -0.157. The molecule has 2 rings (SSSR count). The van der Waals surface area contributed by atoms with Gasteiger partial charge in [0.1, 0.15) is 6.04 Å². The zero-order valence-electron chi connectivity index (χ0n) is 12.5. The summed E-state index contributed by atoms with van der Waals surface area (Å²) in [6.45, 7) is 0. The SMILES string of the molecule is Cn1ncc(C(=O)NC(CC(F)(F)F)C(=O)O)c1-c1ccccc1. The van der Waals surface area contributed by atoms with Crippen molar-refractivity contribution in [1.82, 2.24) is 15.1 Å². The van der Waals surface area contributed by atoms with Crippen molar-refractivity contribution >= 4 is 11.9 Å². The van der Waals surface area contributed by atoms with Crippen LogP contribution in [0.1, 0.15) is 16.8 Å². The topological polar surface area (TPSA) is 84.2 Å². The molecule has 0 aliphatic rings. The van der Waals surface area contributed by atoms with Gasteiger partial charge in [0.2, 0.25) is 0 Å². The number of hydrogen-bond acceptors (Lipinski definition) is 3. The first-order chi connectivity index (χ1) is 11.2. The standard InChI is InChI=1S/C15H14F3N3O3/c1-21-12(9-5-3-2-4-6-9)10(8-19-21)13(22)20-11(14(23)24)7-15(16,17)18/h2-6,8,11H,7H2,1H3,(H,20,22)(H,23,24). The van der Waals surface area contributed by atoms with Gasteiger partial charge in [-0.3, -0.25) is 9.48 Å². The number of halogens is 3. The number of nitrogens with one attached hydrogen (secondary N) is 1. The first-order valence-corrected chi connectivity index (χ1v) is 6.87. The molecule has 1 unspecified atom stereocenters. The van der Waals surface area contributed by atoms with Gasteiger partial charge >= 0.3 is 12.1 Å². The van der Waals surface area contributed by atoms with Crippen molar-refractivity contribution < 1.29 is 27.9 Å². The molecule has 0 radical (unpaired) electrons. The van der Waals surface area contributed by atoms with Gasteiger partial charge in [-0.15, -0.1) is 0 Å². The van der Waals surface area contributed by atoms with Crippen molar-refractivity contribution in [1.29, 1.82) is 0 Å². The summed E-state index contributed by atoms with van der Waals surface area (Å²) in [6.07, 6.45) is -5.19. The van der Waals surface area contributed by atoms with E-state index in [1.807, 2.05) is 5.32 Å². The molecule has 1 aromatic carbocycles. The summed E-state index contributed by atoms with van der Waals surface area (Å²) in [6, 6.07) is 6.57. The quantitative estimate of drug-likeness (QED) is 0.873. The number of amides is 1. The van der Waals surface area contributed by atoms with Crippen LogP contribution >= 0.6 is 0 Å². The van der Waals surface area contributed by atoms with Crippen LogP contribution in [0.15, 0.2) is 36.5 Å². The van der Waals surface area contributed by atoms with E-state index in [-0.39, 0.29) is 5.56 Å². The van der Waals surface area contributed by atoms with E-state index in [1.54, 1.807) is 37.4 Å². The van der Waals surface area contributed by atoms with Crippen molar-refractivity contribution in [3.05, 3.63) is 42.1 Å². The molecule has 6 nitrogen and oxygen atoms in total. The Balaban J connectivity index is 2.29. The van der Waals surface area contributed by atoms with E-state index in [0.29, 0.717) is 11.3 Å². The number of carbonyl (C=O) groups is 2. The molecule has 1 heterocycles. The number of carboxylic acid groups (broad SMARTS) is 1. The Morgan fingerprint density at radius 3 is 2.46 bits per heavy atom. The summed E-state index contributed by atoms with van der Waals surface area (Å²) in [7, 11) is 1.57. The number of aliphatic carboxylic acids is 1. The number of benzene rings is 1. The summed E-state index contributed by atoms with van der Waals surface area (Å²) in [5.74, 6) is -2.69. The average molecular weight is 341 g/mol. The van der Waals surface area contributed by atoms with Crippen LogP contribution in [0.3, 0.4) is 0 Å². The zero-order valence-corrected chi connectivity index (χ0v) is 12.5. The highest BCUT2D eigenvalue weighted by atomic mass is 19.4. The van der Waals surface area contributed by atoms with Crippen molar-refractivity contribution in [2.45, 2.75) is 18.6 Å². The highest BCUT2D eigenvalue weighted by Crippen LogP contribution is 2.24. The minimum atomic E-state index is -4.71. The van der Waals surface area contributed by atoms with Crippen LogP contribution in [-0.2, 0) is 11.8 Å². The minimum absolute atomic E-state index is 0.00266. The molecule has 24 heavy (non-hydrogen) atoms. The summed E-state index contributed by atoms with van der Waals surface area (Å²) in [4.78, 5) is 23.2. The van der Waals surface area contributed by atoms with Crippen LogP contribution in [0.2, 0.25) is 0 Å². The molecule has 9 heteroatoms. The summed E-state index contributed by atoms with van der Waals surface area (Å²) in [5.41, 5.74) is 1.01. The first kappa shape index (κ1) is 17.5. The fourth-order valence-electron chi connectivity index (χ4n) is 2.21. The summed E-state index contributed by atoms with van der Waals surface area (Å²) < 4.78 is 38.7. The van der Waals surface area contributed by atoms with E-state index >= 15 is 0 Å². The summed E-state index contributed by atoms with van der Waals surface area (Å²) >= 11 is 0. The van der Waals surface area contributed by atoms with Crippen LogP contribution < -0.4 is 5.32 Å². The van der Waals surface area contributed by atoms with Gasteiger partial charge in [-0.2, -0.15) is 18.3 Å². The van der Waals surface area contributed by atoms with Gasteiger partial charge < -0.3 is 10.4 Å². The Morgan fingerprint density at radius 2 is 1.92 bits per heavy atom. The van der Waals surface area contributed by atoms with E-state index in [4.69, 9.17) is 5.11 Å². The predicted octanol–water partition coefficient (Wildman–Crippen LogP) is 2.22. The second-order valence-corrected chi connectivity index (χ2v) is 5.08. The number of nitrogens with zero attached hydrogens (tertiary/aromatic N) is 2. The average Bonchev–Trinajstić information content (AvgIpc) is 2.87. The Hall–Kier alpha value is -2.84. The van der Waals surface area contributed by atoms with Crippen LogP contribution in [0.25, 0.3) is 11.3 Å². The molecule has 1 amide bonds. The van der Waals surface area contributed by atoms with E-state index in [9.17, 15) is 22.8 Å². The van der Waals surface area contributed by atoms with E-state index in [2.05, 4.69) is 5.10 Å². The van der Waals surface area contributed by atoms with Crippen LogP contribution in [0.5, 0.6) is 0 Å². The molecular formula is C15H14F3N3O3. The van der Waals surface area contributed by atoms with Gasteiger partial charge in [-0.25, -0.2) is 4.79 Å². The minimum Gasteiger partial charge on any atom is -0.480 e. The molecule has 0 saturated heterocycles. The maximum Gasteiger partial charge on any atom is 0.391 e. The number of aromatic nitrogens is 2. The lowest BCUT2D eigenvalue weighted by Crippen LogP contribution is -2.43. The largest absolute Gasteiger partial charge is 0.480 e. The Bertz CT molecular complexity index is 741. The van der Waals surface area contributed by atoms with E-state index in [0.717, 1.165) is 0 Å². The molecule has 0 spiro atoms. The maximum atomic E-state index is 12.4. The Morgan fingerprint density at radius 1 is 1.29 bits per heavy atom. The lowest BCUT2D eigenvalue weighted by Gasteiger charge is -2.16. The molecule has 0 bridgehead atoms. The van der Waals surface area contributed by atoms with Crippen LogP contribution in [0, 0.1) is 0 Å². The van der Waals surface area contributed by atoms with Crippen LogP contribution in [0.4, 0.5) is 13.2 Å². The second kappa shape index (κ2) is 6.73. The first-order valence-electron chi connectivity index (χ1n) is 6.87.